The minimum atomic E-state index is -0.0352. The van der Waals surface area contributed by atoms with Crippen LogP contribution in [0.2, 0.25) is 5.02 Å². The first-order valence-electron chi connectivity index (χ1n) is 8.28. The molecule has 24 heavy (non-hydrogen) atoms. The van der Waals surface area contributed by atoms with Crippen LogP contribution in [0.4, 0.5) is 0 Å². The summed E-state index contributed by atoms with van der Waals surface area (Å²) in [6.07, 6.45) is 2.20. The van der Waals surface area contributed by atoms with Gasteiger partial charge in [-0.15, -0.1) is 0 Å². The zero-order chi connectivity index (χ0) is 16.9. The van der Waals surface area contributed by atoms with E-state index in [4.69, 9.17) is 16.3 Å². The lowest BCUT2D eigenvalue weighted by atomic mass is 10.3. The smallest absolute Gasteiger partial charge is 0.260 e. The minimum Gasteiger partial charge on any atom is -0.484 e. The summed E-state index contributed by atoms with van der Waals surface area (Å²) in [5, 5.41) is 3.62. The van der Waals surface area contributed by atoms with Gasteiger partial charge in [0.05, 0.1) is 6.54 Å². The monoisotopic (exact) mass is 351 g/mol. The number of halogens is 1. The van der Waals surface area contributed by atoms with Crippen molar-refractivity contribution in [3.63, 3.8) is 0 Å². The fourth-order valence-corrected chi connectivity index (χ4v) is 2.75. The molecule has 1 heterocycles. The summed E-state index contributed by atoms with van der Waals surface area (Å²) in [6, 6.07) is 7.34. The van der Waals surface area contributed by atoms with E-state index in [1.165, 1.54) is 0 Å². The van der Waals surface area contributed by atoms with Gasteiger partial charge in [-0.25, -0.2) is 0 Å². The molecule has 2 aliphatic rings. The summed E-state index contributed by atoms with van der Waals surface area (Å²) in [6.45, 7) is 3.11. The average molecular weight is 352 g/mol. The van der Waals surface area contributed by atoms with Gasteiger partial charge in [0, 0.05) is 37.2 Å². The highest BCUT2D eigenvalue weighted by Gasteiger charge is 2.26. The maximum atomic E-state index is 12.2. The first-order chi connectivity index (χ1) is 11.6. The zero-order valence-electron chi connectivity index (χ0n) is 13.5. The van der Waals surface area contributed by atoms with Crippen molar-refractivity contribution in [3.8, 4) is 5.75 Å². The lowest BCUT2D eigenvalue weighted by Gasteiger charge is -2.34. The van der Waals surface area contributed by atoms with E-state index < -0.39 is 0 Å². The third-order valence-corrected chi connectivity index (χ3v) is 4.46. The molecule has 0 radical (unpaired) electrons. The van der Waals surface area contributed by atoms with Crippen molar-refractivity contribution in [1.29, 1.82) is 0 Å². The van der Waals surface area contributed by atoms with Crippen molar-refractivity contribution in [3.05, 3.63) is 29.3 Å². The maximum absolute atomic E-state index is 12.2. The van der Waals surface area contributed by atoms with Gasteiger partial charge < -0.3 is 15.0 Å². The maximum Gasteiger partial charge on any atom is 0.260 e. The molecule has 2 fully saturated rings. The van der Waals surface area contributed by atoms with E-state index in [1.54, 1.807) is 29.2 Å². The first-order valence-corrected chi connectivity index (χ1v) is 8.66. The average Bonchev–Trinajstić information content (AvgIpc) is 3.38. The molecule has 1 aromatic carbocycles. The summed E-state index contributed by atoms with van der Waals surface area (Å²) in [7, 11) is 0. The van der Waals surface area contributed by atoms with Crippen molar-refractivity contribution in [2.75, 3.05) is 39.3 Å². The molecule has 0 unspecified atom stereocenters. The number of nitrogens with zero attached hydrogens (tertiary/aromatic N) is 2. The van der Waals surface area contributed by atoms with E-state index >= 15 is 0 Å². The van der Waals surface area contributed by atoms with Gasteiger partial charge in [0.25, 0.3) is 5.91 Å². The molecule has 0 aromatic heterocycles. The predicted octanol–water partition coefficient (Wildman–Crippen LogP) is 1.14. The van der Waals surface area contributed by atoms with Gasteiger partial charge in [0.15, 0.2) is 6.61 Å². The van der Waals surface area contributed by atoms with Crippen LogP contribution in [-0.4, -0.2) is 67.0 Å². The highest BCUT2D eigenvalue weighted by Crippen LogP contribution is 2.18. The Balaban J connectivity index is 1.36. The van der Waals surface area contributed by atoms with Crippen molar-refractivity contribution in [2.45, 2.75) is 18.9 Å². The standard InChI is InChI=1S/C17H22ClN3O3/c18-13-1-5-15(6-2-13)24-12-17(23)21-9-7-20(8-10-21)11-16(22)19-14-3-4-14/h1-2,5-6,14H,3-4,7-12H2,(H,19,22). The summed E-state index contributed by atoms with van der Waals surface area (Å²) < 4.78 is 5.49. The third kappa shape index (κ3) is 5.11. The van der Waals surface area contributed by atoms with Gasteiger partial charge >= 0.3 is 0 Å². The predicted molar refractivity (Wildman–Crippen MR) is 91.1 cm³/mol. The topological polar surface area (TPSA) is 61.9 Å². The lowest BCUT2D eigenvalue weighted by Crippen LogP contribution is -2.52. The highest BCUT2D eigenvalue weighted by atomic mass is 35.5. The van der Waals surface area contributed by atoms with E-state index in [9.17, 15) is 9.59 Å². The van der Waals surface area contributed by atoms with Crippen LogP contribution >= 0.6 is 11.6 Å². The Morgan fingerprint density at radius 2 is 1.79 bits per heavy atom. The number of rotatable bonds is 6. The van der Waals surface area contributed by atoms with Crippen LogP contribution in [0, 0.1) is 0 Å². The molecule has 1 saturated carbocycles. The largest absolute Gasteiger partial charge is 0.484 e. The quantitative estimate of drug-likeness (QED) is 0.835. The van der Waals surface area contributed by atoms with E-state index in [0.717, 1.165) is 12.8 Å². The summed E-state index contributed by atoms with van der Waals surface area (Å²) in [5.74, 6) is 0.679. The first kappa shape index (κ1) is 17.0. The number of benzene rings is 1. The number of hydrogen-bond donors (Lipinski definition) is 1. The fourth-order valence-electron chi connectivity index (χ4n) is 2.63. The SMILES string of the molecule is O=C(CN1CCN(C(=O)COc2ccc(Cl)cc2)CC1)NC1CC1. The molecule has 2 amide bonds. The Morgan fingerprint density at radius 1 is 1.12 bits per heavy atom. The van der Waals surface area contributed by atoms with Crippen LogP contribution in [0.3, 0.4) is 0 Å². The zero-order valence-corrected chi connectivity index (χ0v) is 14.3. The van der Waals surface area contributed by atoms with E-state index in [2.05, 4.69) is 10.2 Å². The van der Waals surface area contributed by atoms with Crippen molar-refractivity contribution in [2.24, 2.45) is 0 Å². The number of hydrogen-bond acceptors (Lipinski definition) is 4. The molecule has 1 aliphatic carbocycles. The van der Waals surface area contributed by atoms with Crippen LogP contribution in [0.1, 0.15) is 12.8 Å². The second-order valence-electron chi connectivity index (χ2n) is 6.24. The molecule has 130 valence electrons. The molecule has 1 aliphatic heterocycles. The summed E-state index contributed by atoms with van der Waals surface area (Å²) >= 11 is 5.81. The number of carbonyl (C=O) groups excluding carboxylic acids is 2. The summed E-state index contributed by atoms with van der Waals surface area (Å²) in [4.78, 5) is 27.9. The van der Waals surface area contributed by atoms with E-state index in [0.29, 0.717) is 49.5 Å². The molecule has 0 atom stereocenters. The van der Waals surface area contributed by atoms with Gasteiger partial charge in [-0.1, -0.05) is 11.6 Å². The second kappa shape index (κ2) is 7.85. The Kier molecular flexibility index (Phi) is 5.58. The number of piperazine rings is 1. The molecular formula is C17H22ClN3O3. The molecule has 0 spiro atoms. The Hall–Kier alpha value is -1.79. The van der Waals surface area contributed by atoms with E-state index in [-0.39, 0.29) is 18.4 Å². The Bertz CT molecular complexity index is 581. The summed E-state index contributed by atoms with van der Waals surface area (Å²) in [5.41, 5.74) is 0. The lowest BCUT2D eigenvalue weighted by molar-refractivity contribution is -0.135. The van der Waals surface area contributed by atoms with Gasteiger partial charge in [0.1, 0.15) is 5.75 Å². The number of ether oxygens (including phenoxy) is 1. The van der Waals surface area contributed by atoms with Gasteiger partial charge in [0.2, 0.25) is 5.91 Å². The molecule has 7 heteroatoms. The van der Waals surface area contributed by atoms with E-state index in [1.807, 2.05) is 0 Å². The van der Waals surface area contributed by atoms with Crippen LogP contribution in [0.5, 0.6) is 5.75 Å². The highest BCUT2D eigenvalue weighted by molar-refractivity contribution is 6.30. The molecule has 3 rings (SSSR count). The molecule has 1 N–H and O–H groups in total. The molecular weight excluding hydrogens is 330 g/mol. The third-order valence-electron chi connectivity index (χ3n) is 4.21. The normalized spacial score (nSPS) is 18.3. The number of nitrogens with one attached hydrogen (secondary N) is 1. The molecule has 1 aromatic rings. The number of carbonyl (C=O) groups is 2. The Labute approximate surface area is 146 Å². The van der Waals surface area contributed by atoms with Crippen LogP contribution < -0.4 is 10.1 Å². The fraction of sp³-hybridized carbons (Fsp3) is 0.529. The van der Waals surface area contributed by atoms with Crippen molar-refractivity contribution in [1.82, 2.24) is 15.1 Å². The van der Waals surface area contributed by atoms with Crippen LogP contribution in [0.25, 0.3) is 0 Å². The van der Waals surface area contributed by atoms with Crippen LogP contribution in [0.15, 0.2) is 24.3 Å². The van der Waals surface area contributed by atoms with Crippen molar-refractivity contribution < 1.29 is 14.3 Å². The van der Waals surface area contributed by atoms with Crippen molar-refractivity contribution >= 4 is 23.4 Å². The molecule has 6 nitrogen and oxygen atoms in total. The number of amides is 2. The van der Waals surface area contributed by atoms with Gasteiger partial charge in [-0.3, -0.25) is 14.5 Å². The Morgan fingerprint density at radius 3 is 2.42 bits per heavy atom. The molecule has 0 bridgehead atoms. The second-order valence-corrected chi connectivity index (χ2v) is 6.68. The molecule has 1 saturated heterocycles. The van der Waals surface area contributed by atoms with Gasteiger partial charge in [-0.2, -0.15) is 0 Å². The minimum absolute atomic E-state index is 0.0177. The van der Waals surface area contributed by atoms with Crippen LogP contribution in [-0.2, 0) is 9.59 Å². The van der Waals surface area contributed by atoms with Gasteiger partial charge in [-0.05, 0) is 37.1 Å².